The van der Waals surface area contributed by atoms with E-state index in [2.05, 4.69) is 16.6 Å². The minimum atomic E-state index is -4.89. The highest BCUT2D eigenvalue weighted by atomic mass is 32.2. The number of carbonyl (C=O) groups is 2. The van der Waals surface area contributed by atoms with Crippen LogP contribution in [0.5, 0.6) is 0 Å². The van der Waals surface area contributed by atoms with Gasteiger partial charge in [0.05, 0.1) is 11.8 Å². The smallest absolute Gasteiger partial charge is 0.422 e. The molecule has 5 atom stereocenters. The summed E-state index contributed by atoms with van der Waals surface area (Å²) in [4.78, 5) is 23.0. The van der Waals surface area contributed by atoms with E-state index in [1.807, 2.05) is 0 Å². The summed E-state index contributed by atoms with van der Waals surface area (Å²) in [6.45, 7) is 1.82. The van der Waals surface area contributed by atoms with Crippen LogP contribution >= 0.6 is 0 Å². The number of nitrogens with one attached hydrogen (secondary N) is 1. The van der Waals surface area contributed by atoms with Crippen molar-refractivity contribution in [3.05, 3.63) is 12.2 Å². The van der Waals surface area contributed by atoms with E-state index in [0.717, 1.165) is 6.42 Å². The first-order valence-electron chi connectivity index (χ1n) is 8.30. The highest BCUT2D eigenvalue weighted by Crippen LogP contribution is 2.52. The summed E-state index contributed by atoms with van der Waals surface area (Å²) in [6, 6.07) is 0. The van der Waals surface area contributed by atoms with Gasteiger partial charge in [-0.05, 0) is 19.3 Å². The second-order valence-electron chi connectivity index (χ2n) is 6.74. The third-order valence-corrected chi connectivity index (χ3v) is 6.92. The molecule has 3 aliphatic carbocycles. The van der Waals surface area contributed by atoms with Crippen molar-refractivity contribution in [2.45, 2.75) is 42.9 Å². The van der Waals surface area contributed by atoms with Crippen molar-refractivity contribution in [1.29, 1.82) is 0 Å². The van der Waals surface area contributed by atoms with Gasteiger partial charge in [-0.15, -0.1) is 0 Å². The maximum Gasteiger partial charge on any atom is 0.422 e. The lowest BCUT2D eigenvalue weighted by Gasteiger charge is -2.43. The third kappa shape index (κ3) is 3.91. The summed E-state index contributed by atoms with van der Waals surface area (Å²) in [5, 5.41) is 1.70. The molecular weight excluding hydrogens is 395 g/mol. The molecule has 1 saturated heterocycles. The lowest BCUT2D eigenvalue weighted by Crippen LogP contribution is -2.52. The number of amides is 1. The molecule has 0 spiro atoms. The average Bonchev–Trinajstić information content (AvgIpc) is 2.80. The van der Waals surface area contributed by atoms with Gasteiger partial charge in [-0.25, -0.2) is 9.59 Å². The molecule has 12 heteroatoms. The number of carbonyl (C=O) groups excluding carboxylic acids is 2. The zero-order valence-corrected chi connectivity index (χ0v) is 14.8. The van der Waals surface area contributed by atoms with Gasteiger partial charge in [0.15, 0.2) is 0 Å². The highest BCUT2D eigenvalue weighted by Gasteiger charge is 2.61. The molecule has 1 aliphatic heterocycles. The van der Waals surface area contributed by atoms with Gasteiger partial charge in [0.25, 0.3) is 10.1 Å². The average molecular weight is 413 g/mol. The van der Waals surface area contributed by atoms with Gasteiger partial charge < -0.3 is 14.8 Å². The van der Waals surface area contributed by atoms with Crippen LogP contribution in [-0.4, -0.2) is 57.3 Å². The van der Waals surface area contributed by atoms with Gasteiger partial charge in [0, 0.05) is 11.8 Å². The van der Waals surface area contributed by atoms with Crippen LogP contribution in [0, 0.1) is 11.8 Å². The van der Waals surface area contributed by atoms with Crippen LogP contribution in [0.4, 0.5) is 18.0 Å². The van der Waals surface area contributed by atoms with E-state index in [1.54, 1.807) is 0 Å². The fourth-order valence-corrected chi connectivity index (χ4v) is 5.79. The van der Waals surface area contributed by atoms with Crippen molar-refractivity contribution in [1.82, 2.24) is 5.32 Å². The summed E-state index contributed by atoms with van der Waals surface area (Å²) < 4.78 is 75.4. The monoisotopic (exact) mass is 413 g/mol. The third-order valence-electron chi connectivity index (χ3n) is 5.15. The molecule has 4 bridgehead atoms. The fraction of sp³-hybridized carbons (Fsp3) is 0.733. The highest BCUT2D eigenvalue weighted by molar-refractivity contribution is 7.87. The number of fused-ring (bicyclic) bond motifs is 1. The van der Waals surface area contributed by atoms with Crippen molar-refractivity contribution < 1.29 is 44.8 Å². The molecule has 0 aromatic rings. The molecule has 5 unspecified atom stereocenters. The molecule has 1 heterocycles. The van der Waals surface area contributed by atoms with Gasteiger partial charge in [0.1, 0.15) is 24.4 Å². The molecule has 1 N–H and O–H groups in total. The molecule has 4 fully saturated rings. The number of hydrogen-bond donors (Lipinski definition) is 1. The SMILES string of the molecule is C=C(C(=O)OCCNC(=O)OC1C2CCC3C1OS(=O)(=O)C3C2)C(F)(F)F. The summed E-state index contributed by atoms with van der Waals surface area (Å²) in [6.07, 6.45) is -5.38. The van der Waals surface area contributed by atoms with E-state index in [0.29, 0.717) is 12.8 Å². The van der Waals surface area contributed by atoms with E-state index in [4.69, 9.17) is 8.92 Å². The molecular formula is C15H18F3NO7S. The molecule has 3 saturated carbocycles. The van der Waals surface area contributed by atoms with Crippen molar-refractivity contribution >= 4 is 22.2 Å². The van der Waals surface area contributed by atoms with Gasteiger partial charge in [0.2, 0.25) is 0 Å². The lowest BCUT2D eigenvalue weighted by molar-refractivity contribution is -0.150. The standard InChI is InChI=1S/C15H18F3NO7S/c1-7(15(16,17)18)13(20)24-5-4-19-14(21)25-11-8-2-3-9-10(6-8)27(22,23)26-12(9)11/h8-12H,1-6H2,(H,19,21). The Morgan fingerprint density at radius 1 is 1.26 bits per heavy atom. The first-order chi connectivity index (χ1) is 12.5. The number of alkyl halides is 3. The molecule has 4 aliphatic rings. The number of ether oxygens (including phenoxy) is 2. The predicted molar refractivity (Wildman–Crippen MR) is 82.8 cm³/mol. The molecule has 1 amide bonds. The molecule has 27 heavy (non-hydrogen) atoms. The zero-order valence-electron chi connectivity index (χ0n) is 14.0. The minimum Gasteiger partial charge on any atom is -0.460 e. The van der Waals surface area contributed by atoms with E-state index in [1.165, 1.54) is 0 Å². The topological polar surface area (TPSA) is 108 Å². The summed E-state index contributed by atoms with van der Waals surface area (Å²) in [7, 11) is -3.64. The largest absolute Gasteiger partial charge is 0.460 e. The van der Waals surface area contributed by atoms with E-state index < -0.39 is 58.0 Å². The lowest BCUT2D eigenvalue weighted by atomic mass is 9.67. The Bertz CT molecular complexity index is 751. The Labute approximate surface area is 153 Å². The van der Waals surface area contributed by atoms with Crippen molar-refractivity contribution in [2.75, 3.05) is 13.2 Å². The second-order valence-corrected chi connectivity index (χ2v) is 8.52. The van der Waals surface area contributed by atoms with Crippen molar-refractivity contribution in [2.24, 2.45) is 11.8 Å². The second kappa shape index (κ2) is 6.97. The Morgan fingerprint density at radius 2 is 1.96 bits per heavy atom. The number of halogens is 3. The summed E-state index contributed by atoms with van der Waals surface area (Å²) in [5.74, 6) is -1.95. The minimum absolute atomic E-state index is 0.124. The first-order valence-corrected chi connectivity index (χ1v) is 9.77. The Morgan fingerprint density at radius 3 is 2.63 bits per heavy atom. The van der Waals surface area contributed by atoms with E-state index in [-0.39, 0.29) is 18.4 Å². The Kier molecular flexibility index (Phi) is 5.14. The van der Waals surface area contributed by atoms with Gasteiger partial charge in [-0.3, -0.25) is 4.18 Å². The maximum absolute atomic E-state index is 12.3. The zero-order chi connectivity index (χ0) is 20.0. The fourth-order valence-electron chi connectivity index (χ4n) is 3.88. The van der Waals surface area contributed by atoms with E-state index in [9.17, 15) is 31.2 Å². The maximum atomic E-state index is 12.3. The molecule has 8 nitrogen and oxygen atoms in total. The van der Waals surface area contributed by atoms with Crippen LogP contribution in [0.25, 0.3) is 0 Å². The predicted octanol–water partition coefficient (Wildman–Crippen LogP) is 1.27. The number of esters is 1. The van der Waals surface area contributed by atoms with Crippen LogP contribution < -0.4 is 5.32 Å². The molecule has 0 aromatic carbocycles. The van der Waals surface area contributed by atoms with Gasteiger partial charge >= 0.3 is 18.2 Å². The normalized spacial score (nSPS) is 33.4. The Hall–Kier alpha value is -1.82. The Balaban J connectivity index is 1.44. The van der Waals surface area contributed by atoms with Crippen LogP contribution in [0.3, 0.4) is 0 Å². The van der Waals surface area contributed by atoms with Gasteiger partial charge in [-0.2, -0.15) is 21.6 Å². The first kappa shape index (κ1) is 19.9. The van der Waals surface area contributed by atoms with Crippen molar-refractivity contribution in [3.8, 4) is 0 Å². The molecule has 0 aromatic heterocycles. The molecule has 4 rings (SSSR count). The van der Waals surface area contributed by atoms with Gasteiger partial charge in [-0.1, -0.05) is 6.58 Å². The number of alkyl carbamates (subject to hydrolysis) is 1. The number of rotatable bonds is 5. The van der Waals surface area contributed by atoms with E-state index >= 15 is 0 Å². The van der Waals surface area contributed by atoms with Crippen molar-refractivity contribution in [3.63, 3.8) is 0 Å². The van der Waals surface area contributed by atoms with Crippen LogP contribution in [0.1, 0.15) is 19.3 Å². The van der Waals surface area contributed by atoms with Crippen LogP contribution in [0.2, 0.25) is 0 Å². The summed E-state index contributed by atoms with van der Waals surface area (Å²) in [5.41, 5.74) is -1.64. The quantitative estimate of drug-likeness (QED) is 0.313. The molecule has 0 radical (unpaired) electrons. The van der Waals surface area contributed by atoms with Crippen LogP contribution in [-0.2, 0) is 28.6 Å². The number of hydrogen-bond acceptors (Lipinski definition) is 7. The molecule has 152 valence electrons. The summed E-state index contributed by atoms with van der Waals surface area (Å²) >= 11 is 0. The van der Waals surface area contributed by atoms with Crippen LogP contribution in [0.15, 0.2) is 12.2 Å².